The van der Waals surface area contributed by atoms with E-state index in [1.54, 1.807) is 43.3 Å². The second-order valence-electron chi connectivity index (χ2n) is 7.69. The van der Waals surface area contributed by atoms with Gasteiger partial charge in [-0.2, -0.15) is 0 Å². The summed E-state index contributed by atoms with van der Waals surface area (Å²) in [7, 11) is 0. The van der Waals surface area contributed by atoms with E-state index < -0.39 is 16.8 Å². The van der Waals surface area contributed by atoms with Crippen LogP contribution in [0.1, 0.15) is 42.1 Å². The third-order valence-corrected chi connectivity index (χ3v) is 5.32. The monoisotopic (exact) mass is 439 g/mol. The van der Waals surface area contributed by atoms with E-state index in [4.69, 9.17) is 4.74 Å². The van der Waals surface area contributed by atoms with Gasteiger partial charge in [-0.15, -0.1) is 0 Å². The molecule has 0 bridgehead atoms. The molecule has 1 N–H and O–H groups in total. The summed E-state index contributed by atoms with van der Waals surface area (Å²) in [5.41, 5.74) is 1.71. The van der Waals surface area contributed by atoms with Gasteiger partial charge in [0.2, 0.25) is 11.8 Å². The van der Waals surface area contributed by atoms with Crippen LogP contribution in [0, 0.1) is 23.0 Å². The third kappa shape index (κ3) is 5.29. The van der Waals surface area contributed by atoms with E-state index >= 15 is 0 Å². The Hall–Kier alpha value is -3.75. The van der Waals surface area contributed by atoms with E-state index in [-0.39, 0.29) is 30.5 Å². The number of hydrogen-bond acceptors (Lipinski definition) is 6. The number of nitrogens with zero attached hydrogens (tertiary/aromatic N) is 2. The van der Waals surface area contributed by atoms with Crippen molar-refractivity contribution >= 4 is 34.8 Å². The summed E-state index contributed by atoms with van der Waals surface area (Å²) in [4.78, 5) is 49.2. The highest BCUT2D eigenvalue weighted by molar-refractivity contribution is 6.03. The molecule has 1 aliphatic rings. The van der Waals surface area contributed by atoms with Crippen LogP contribution in [0.4, 0.5) is 17.1 Å². The number of hydrogen-bond donors (Lipinski definition) is 1. The van der Waals surface area contributed by atoms with Crippen molar-refractivity contribution < 1.29 is 24.0 Å². The molecule has 1 heterocycles. The average Bonchev–Trinajstić information content (AvgIpc) is 3.16. The van der Waals surface area contributed by atoms with Gasteiger partial charge in [0.15, 0.2) is 0 Å². The number of aryl methyl sites for hydroxylation is 1. The fraction of sp³-hybridized carbons (Fsp3) is 0.348. The molecule has 32 heavy (non-hydrogen) atoms. The summed E-state index contributed by atoms with van der Waals surface area (Å²) in [5, 5.41) is 13.9. The molecule has 9 nitrogen and oxygen atoms in total. The van der Waals surface area contributed by atoms with Crippen LogP contribution in [-0.4, -0.2) is 35.9 Å². The molecule has 9 heteroatoms. The first-order valence-electron chi connectivity index (χ1n) is 10.4. The lowest BCUT2D eigenvalue weighted by Crippen LogP contribution is -2.28. The standard InChI is InChI=1S/C23H25N3O6/c1-3-4-11-32-23(29)16-6-8-18(9-7-16)24-22(28)17-12-21(27)25(14-17)19-10-5-15(2)20(13-19)26(30)31/h5-10,13,17H,3-4,11-12,14H2,1-2H3,(H,24,28)/t17-/m0/s1. The van der Waals surface area contributed by atoms with E-state index in [9.17, 15) is 24.5 Å². The normalized spacial score (nSPS) is 15.5. The van der Waals surface area contributed by atoms with Gasteiger partial charge >= 0.3 is 5.97 Å². The highest BCUT2D eigenvalue weighted by Crippen LogP contribution is 2.30. The molecule has 2 aromatic carbocycles. The minimum Gasteiger partial charge on any atom is -0.462 e. The molecule has 1 saturated heterocycles. The maximum Gasteiger partial charge on any atom is 0.338 e. The Morgan fingerprint density at radius 2 is 1.94 bits per heavy atom. The third-order valence-electron chi connectivity index (χ3n) is 5.32. The molecule has 0 spiro atoms. The van der Waals surface area contributed by atoms with Crippen molar-refractivity contribution in [3.05, 3.63) is 63.7 Å². The van der Waals surface area contributed by atoms with Gasteiger partial charge in [-0.1, -0.05) is 19.4 Å². The zero-order valence-electron chi connectivity index (χ0n) is 18.0. The number of nitrogens with one attached hydrogen (secondary N) is 1. The number of unbranched alkanes of at least 4 members (excludes halogenated alkanes) is 1. The van der Waals surface area contributed by atoms with E-state index in [1.807, 2.05) is 6.92 Å². The number of rotatable bonds is 8. The number of amides is 2. The molecule has 0 saturated carbocycles. The smallest absolute Gasteiger partial charge is 0.338 e. The van der Waals surface area contributed by atoms with Gasteiger partial charge in [0, 0.05) is 30.3 Å². The highest BCUT2D eigenvalue weighted by Gasteiger charge is 2.35. The first-order chi connectivity index (χ1) is 15.3. The molecular weight excluding hydrogens is 414 g/mol. The van der Waals surface area contributed by atoms with Crippen LogP contribution < -0.4 is 10.2 Å². The lowest BCUT2D eigenvalue weighted by atomic mass is 10.1. The van der Waals surface area contributed by atoms with Crippen LogP contribution in [-0.2, 0) is 14.3 Å². The first kappa shape index (κ1) is 22.9. The molecule has 0 radical (unpaired) electrons. The fourth-order valence-corrected chi connectivity index (χ4v) is 3.42. The van der Waals surface area contributed by atoms with Crippen LogP contribution in [0.25, 0.3) is 0 Å². The zero-order chi connectivity index (χ0) is 23.3. The molecule has 1 fully saturated rings. The summed E-state index contributed by atoms with van der Waals surface area (Å²) in [5.74, 6) is -1.61. The van der Waals surface area contributed by atoms with Crippen LogP contribution in [0.5, 0.6) is 0 Å². The fourth-order valence-electron chi connectivity index (χ4n) is 3.42. The van der Waals surface area contributed by atoms with E-state index in [2.05, 4.69) is 5.32 Å². The van der Waals surface area contributed by atoms with Gasteiger partial charge in [-0.3, -0.25) is 19.7 Å². The van der Waals surface area contributed by atoms with Gasteiger partial charge in [-0.25, -0.2) is 4.79 Å². The number of ether oxygens (including phenoxy) is 1. The minimum absolute atomic E-state index is 0.00927. The molecule has 1 aliphatic heterocycles. The summed E-state index contributed by atoms with van der Waals surface area (Å²) in [6.07, 6.45) is 1.74. The second-order valence-corrected chi connectivity index (χ2v) is 7.69. The highest BCUT2D eigenvalue weighted by atomic mass is 16.6. The number of nitro benzene ring substituents is 1. The van der Waals surface area contributed by atoms with Crippen molar-refractivity contribution in [2.24, 2.45) is 5.92 Å². The SMILES string of the molecule is CCCCOC(=O)c1ccc(NC(=O)[C@H]2CC(=O)N(c3ccc(C)c([N+](=O)[O-])c3)C2)cc1. The van der Waals surface area contributed by atoms with Gasteiger partial charge in [0.05, 0.1) is 28.7 Å². The quantitative estimate of drug-likeness (QED) is 0.289. The molecule has 168 valence electrons. The van der Waals surface area contributed by atoms with Gasteiger partial charge in [0.1, 0.15) is 0 Å². The first-order valence-corrected chi connectivity index (χ1v) is 10.4. The molecule has 2 aromatic rings. The summed E-state index contributed by atoms with van der Waals surface area (Å²) in [6, 6.07) is 10.9. The van der Waals surface area contributed by atoms with Crippen LogP contribution in [0.2, 0.25) is 0 Å². The molecule has 3 rings (SSSR count). The largest absolute Gasteiger partial charge is 0.462 e. The predicted molar refractivity (Wildman–Crippen MR) is 119 cm³/mol. The molecule has 0 unspecified atom stereocenters. The Bertz CT molecular complexity index is 1030. The van der Waals surface area contributed by atoms with Crippen molar-refractivity contribution in [1.82, 2.24) is 0 Å². The number of anilines is 2. The van der Waals surface area contributed by atoms with E-state index in [1.165, 1.54) is 11.0 Å². The topological polar surface area (TPSA) is 119 Å². The maximum atomic E-state index is 12.7. The number of benzene rings is 2. The van der Waals surface area contributed by atoms with Gasteiger partial charge < -0.3 is 15.0 Å². The minimum atomic E-state index is -0.596. The predicted octanol–water partition coefficient (Wildman–Crippen LogP) is 3.85. The Balaban J connectivity index is 1.62. The molecule has 0 aliphatic carbocycles. The van der Waals surface area contributed by atoms with Gasteiger partial charge in [0.25, 0.3) is 5.69 Å². The van der Waals surface area contributed by atoms with Crippen molar-refractivity contribution in [2.75, 3.05) is 23.4 Å². The van der Waals surface area contributed by atoms with Crippen LogP contribution >= 0.6 is 0 Å². The number of nitro groups is 1. The van der Waals surface area contributed by atoms with E-state index in [0.29, 0.717) is 29.1 Å². The van der Waals surface area contributed by atoms with Crippen molar-refractivity contribution in [2.45, 2.75) is 33.1 Å². The number of carbonyl (C=O) groups is 3. The zero-order valence-corrected chi connectivity index (χ0v) is 18.0. The molecule has 0 aromatic heterocycles. The molecular formula is C23H25N3O6. The van der Waals surface area contributed by atoms with Gasteiger partial charge in [-0.05, 0) is 43.7 Å². The summed E-state index contributed by atoms with van der Waals surface area (Å²) >= 11 is 0. The maximum absolute atomic E-state index is 12.7. The number of esters is 1. The Morgan fingerprint density at radius 3 is 2.59 bits per heavy atom. The van der Waals surface area contributed by atoms with Crippen molar-refractivity contribution in [3.63, 3.8) is 0 Å². The summed E-state index contributed by atoms with van der Waals surface area (Å²) in [6.45, 7) is 4.13. The molecule has 1 atom stereocenters. The Labute approximate surface area is 185 Å². The van der Waals surface area contributed by atoms with Crippen molar-refractivity contribution in [3.8, 4) is 0 Å². The lowest BCUT2D eigenvalue weighted by molar-refractivity contribution is -0.385. The Kier molecular flexibility index (Phi) is 7.19. The molecule has 2 amide bonds. The van der Waals surface area contributed by atoms with Crippen molar-refractivity contribution in [1.29, 1.82) is 0 Å². The Morgan fingerprint density at radius 1 is 1.22 bits per heavy atom. The lowest BCUT2D eigenvalue weighted by Gasteiger charge is -2.17. The van der Waals surface area contributed by atoms with Crippen LogP contribution in [0.15, 0.2) is 42.5 Å². The average molecular weight is 439 g/mol. The van der Waals surface area contributed by atoms with E-state index in [0.717, 1.165) is 12.8 Å². The second kappa shape index (κ2) is 10.0. The summed E-state index contributed by atoms with van der Waals surface area (Å²) < 4.78 is 5.16. The number of carbonyl (C=O) groups excluding carboxylic acids is 3. The van der Waals surface area contributed by atoms with Crippen LogP contribution in [0.3, 0.4) is 0 Å².